The molecule has 0 bridgehead atoms. The van der Waals surface area contributed by atoms with Crippen LogP contribution in [-0.2, 0) is 4.79 Å². The van der Waals surface area contributed by atoms with Crippen molar-refractivity contribution in [3.8, 4) is 5.88 Å². The molecule has 6 nitrogen and oxygen atoms in total. The molecule has 0 spiro atoms. The highest BCUT2D eigenvalue weighted by Gasteiger charge is 2.33. The molecule has 1 aromatic rings. The molecule has 23 heavy (non-hydrogen) atoms. The van der Waals surface area contributed by atoms with Crippen molar-refractivity contribution in [3.05, 3.63) is 23.9 Å². The second-order valence-corrected chi connectivity index (χ2v) is 6.18. The van der Waals surface area contributed by atoms with Gasteiger partial charge >= 0.3 is 5.97 Å². The number of rotatable bonds is 5. The second kappa shape index (κ2) is 7.44. The lowest BCUT2D eigenvalue weighted by Crippen LogP contribution is -2.45. The quantitative estimate of drug-likeness (QED) is 0.901. The van der Waals surface area contributed by atoms with Gasteiger partial charge in [-0.3, -0.25) is 9.59 Å². The van der Waals surface area contributed by atoms with E-state index in [4.69, 9.17) is 9.84 Å². The summed E-state index contributed by atoms with van der Waals surface area (Å²) >= 11 is 0. The summed E-state index contributed by atoms with van der Waals surface area (Å²) < 4.78 is 5.65. The van der Waals surface area contributed by atoms with E-state index in [9.17, 15) is 9.59 Å². The van der Waals surface area contributed by atoms with Gasteiger partial charge in [-0.2, -0.15) is 0 Å². The number of piperidine rings is 1. The lowest BCUT2D eigenvalue weighted by molar-refractivity contribution is -0.145. The van der Waals surface area contributed by atoms with Gasteiger partial charge in [0.15, 0.2) is 0 Å². The van der Waals surface area contributed by atoms with Crippen LogP contribution < -0.4 is 4.74 Å². The number of ether oxygens (including phenoxy) is 1. The molecule has 1 amide bonds. The molecular weight excluding hydrogens is 296 g/mol. The van der Waals surface area contributed by atoms with Crippen LogP contribution in [-0.4, -0.2) is 46.1 Å². The van der Waals surface area contributed by atoms with Crippen molar-refractivity contribution < 1.29 is 19.4 Å². The van der Waals surface area contributed by atoms with Crippen LogP contribution in [0.5, 0.6) is 5.88 Å². The number of nitrogens with zero attached hydrogens (tertiary/aromatic N) is 2. The van der Waals surface area contributed by atoms with Crippen molar-refractivity contribution in [1.82, 2.24) is 9.88 Å². The number of carboxylic acid groups (broad SMARTS) is 1. The molecule has 3 atom stereocenters. The summed E-state index contributed by atoms with van der Waals surface area (Å²) in [5.74, 6) is -0.864. The monoisotopic (exact) mass is 320 g/mol. The summed E-state index contributed by atoms with van der Waals surface area (Å²) in [5.41, 5.74) is 0.527. The van der Waals surface area contributed by atoms with Crippen LogP contribution in [0.3, 0.4) is 0 Å². The van der Waals surface area contributed by atoms with Gasteiger partial charge in [-0.25, -0.2) is 4.98 Å². The fourth-order valence-electron chi connectivity index (χ4n) is 2.78. The number of carbonyl (C=O) groups excluding carboxylic acids is 1. The van der Waals surface area contributed by atoms with Crippen LogP contribution in [0.2, 0.25) is 0 Å². The van der Waals surface area contributed by atoms with Crippen LogP contribution in [0.15, 0.2) is 18.3 Å². The number of carbonyl (C=O) groups is 2. The van der Waals surface area contributed by atoms with Gasteiger partial charge in [0.2, 0.25) is 5.88 Å². The minimum Gasteiger partial charge on any atom is -0.481 e. The largest absolute Gasteiger partial charge is 0.481 e. The molecule has 1 fully saturated rings. The first-order valence-electron chi connectivity index (χ1n) is 8.07. The molecular formula is C17H24N2O4. The second-order valence-electron chi connectivity index (χ2n) is 6.18. The molecule has 0 radical (unpaired) electrons. The average molecular weight is 320 g/mol. The zero-order valence-corrected chi connectivity index (χ0v) is 13.9. The Morgan fingerprint density at radius 2 is 2.26 bits per heavy atom. The molecule has 0 aliphatic carbocycles. The molecule has 0 saturated carbocycles. The van der Waals surface area contributed by atoms with E-state index in [2.05, 4.69) is 4.98 Å². The van der Waals surface area contributed by atoms with Crippen molar-refractivity contribution in [3.63, 3.8) is 0 Å². The van der Waals surface area contributed by atoms with Gasteiger partial charge in [0.05, 0.1) is 12.0 Å². The van der Waals surface area contributed by atoms with Gasteiger partial charge in [-0.15, -0.1) is 0 Å². The van der Waals surface area contributed by atoms with Crippen LogP contribution in [0.4, 0.5) is 0 Å². The van der Waals surface area contributed by atoms with Crippen molar-refractivity contribution >= 4 is 11.9 Å². The zero-order valence-electron chi connectivity index (χ0n) is 13.9. The maximum atomic E-state index is 12.6. The van der Waals surface area contributed by atoms with Crippen LogP contribution in [0.25, 0.3) is 0 Å². The van der Waals surface area contributed by atoms with Gasteiger partial charge in [-0.05, 0) is 31.7 Å². The number of hydrogen-bond acceptors (Lipinski definition) is 4. The lowest BCUT2D eigenvalue weighted by Gasteiger charge is -2.35. The number of pyridine rings is 1. The number of likely N-dealkylation sites (tertiary alicyclic amines) is 1. The molecule has 1 aromatic heterocycles. The highest BCUT2D eigenvalue weighted by Crippen LogP contribution is 2.25. The summed E-state index contributed by atoms with van der Waals surface area (Å²) in [4.78, 5) is 29.6. The van der Waals surface area contributed by atoms with Crippen LogP contribution in [0, 0.1) is 11.8 Å². The van der Waals surface area contributed by atoms with Gasteiger partial charge in [-0.1, -0.05) is 13.8 Å². The number of hydrogen-bond donors (Lipinski definition) is 1. The highest BCUT2D eigenvalue weighted by atomic mass is 16.5. The van der Waals surface area contributed by atoms with E-state index in [-0.39, 0.29) is 23.8 Å². The Labute approximate surface area is 136 Å². The SMILES string of the molecule is CCC(C)Oc1cc(C(=O)N2CCC(C(=O)O)C(C)C2)ccn1. The third kappa shape index (κ3) is 4.21. The summed E-state index contributed by atoms with van der Waals surface area (Å²) in [6.07, 6.45) is 2.96. The van der Waals surface area contributed by atoms with Gasteiger partial charge in [0.1, 0.15) is 0 Å². The topological polar surface area (TPSA) is 79.7 Å². The third-order valence-electron chi connectivity index (χ3n) is 4.39. The molecule has 1 aliphatic rings. The summed E-state index contributed by atoms with van der Waals surface area (Å²) in [6, 6.07) is 3.32. The summed E-state index contributed by atoms with van der Waals surface area (Å²) in [5, 5.41) is 9.17. The molecule has 126 valence electrons. The molecule has 2 rings (SSSR count). The molecule has 1 aliphatic heterocycles. The van der Waals surface area contributed by atoms with Gasteiger partial charge in [0.25, 0.3) is 5.91 Å². The minimum atomic E-state index is -0.780. The van der Waals surface area contributed by atoms with E-state index < -0.39 is 5.97 Å². The van der Waals surface area contributed by atoms with Crippen molar-refractivity contribution in [1.29, 1.82) is 0 Å². The number of amides is 1. The van der Waals surface area contributed by atoms with Crippen molar-refractivity contribution in [2.24, 2.45) is 11.8 Å². The van der Waals surface area contributed by atoms with E-state index >= 15 is 0 Å². The number of aromatic nitrogens is 1. The normalized spacial score (nSPS) is 22.5. The minimum absolute atomic E-state index is 0.0409. The Bertz CT molecular complexity index is 575. The van der Waals surface area contributed by atoms with Gasteiger partial charge in [0, 0.05) is 30.9 Å². The van der Waals surface area contributed by atoms with E-state index in [0.717, 1.165) is 6.42 Å². The fourth-order valence-corrected chi connectivity index (χ4v) is 2.78. The Kier molecular flexibility index (Phi) is 5.58. The predicted molar refractivity (Wildman–Crippen MR) is 85.4 cm³/mol. The van der Waals surface area contributed by atoms with E-state index in [1.54, 1.807) is 23.2 Å². The van der Waals surface area contributed by atoms with E-state index in [1.165, 1.54) is 0 Å². The highest BCUT2D eigenvalue weighted by molar-refractivity contribution is 5.94. The lowest BCUT2D eigenvalue weighted by atomic mass is 9.87. The molecule has 3 unspecified atom stereocenters. The standard InChI is InChI=1S/C17H24N2O4/c1-4-12(3)23-15-9-13(5-7-18-15)16(20)19-8-6-14(17(21)22)11(2)10-19/h5,7,9,11-12,14H,4,6,8,10H2,1-3H3,(H,21,22). The molecule has 0 aromatic carbocycles. The van der Waals surface area contributed by atoms with Crippen LogP contribution >= 0.6 is 0 Å². The molecule has 1 N–H and O–H groups in total. The number of carboxylic acids is 1. The molecule has 1 saturated heterocycles. The van der Waals surface area contributed by atoms with Crippen LogP contribution in [0.1, 0.15) is 44.0 Å². The number of aliphatic carboxylic acids is 1. The van der Waals surface area contributed by atoms with E-state index in [0.29, 0.717) is 31.0 Å². The first-order chi connectivity index (χ1) is 10.9. The molecule has 6 heteroatoms. The Hall–Kier alpha value is -2.11. The average Bonchev–Trinajstić information content (AvgIpc) is 2.53. The van der Waals surface area contributed by atoms with E-state index in [1.807, 2.05) is 20.8 Å². The Morgan fingerprint density at radius 1 is 1.52 bits per heavy atom. The maximum absolute atomic E-state index is 12.6. The summed E-state index contributed by atoms with van der Waals surface area (Å²) in [7, 11) is 0. The predicted octanol–water partition coefficient (Wildman–Crippen LogP) is 2.44. The first-order valence-corrected chi connectivity index (χ1v) is 8.07. The third-order valence-corrected chi connectivity index (χ3v) is 4.39. The van der Waals surface area contributed by atoms with Crippen molar-refractivity contribution in [2.45, 2.75) is 39.7 Å². The molecule has 2 heterocycles. The first kappa shape index (κ1) is 17.2. The van der Waals surface area contributed by atoms with Gasteiger partial charge < -0.3 is 14.7 Å². The smallest absolute Gasteiger partial charge is 0.306 e. The Balaban J connectivity index is 2.06. The zero-order chi connectivity index (χ0) is 17.0. The summed E-state index contributed by atoms with van der Waals surface area (Å²) in [6.45, 7) is 6.77. The van der Waals surface area contributed by atoms with Crippen molar-refractivity contribution in [2.75, 3.05) is 13.1 Å². The fraction of sp³-hybridized carbons (Fsp3) is 0.588. The Morgan fingerprint density at radius 3 is 2.87 bits per heavy atom. The maximum Gasteiger partial charge on any atom is 0.306 e.